The Balaban J connectivity index is 1.51. The molecule has 3 heterocycles. The maximum Gasteiger partial charge on any atom is 0.278 e. The average Bonchev–Trinajstić information content (AvgIpc) is 3.33. The molecule has 0 unspecified atom stereocenters. The minimum absolute atomic E-state index is 0.0600. The molecule has 10 heteroatoms. The van der Waals surface area contributed by atoms with E-state index in [9.17, 15) is 12.8 Å². The molecule has 1 aromatic carbocycles. The Labute approximate surface area is 161 Å². The largest absolute Gasteiger partial charge is 0.332 e. The van der Waals surface area contributed by atoms with E-state index in [0.717, 1.165) is 30.2 Å². The first-order valence-electron chi connectivity index (χ1n) is 9.08. The summed E-state index contributed by atoms with van der Waals surface area (Å²) in [7, 11) is -2.01. The molecular weight excluding hydrogens is 385 g/mol. The quantitative estimate of drug-likeness (QED) is 0.663. The molecule has 5 rings (SSSR count). The van der Waals surface area contributed by atoms with Crippen LogP contribution in [0.25, 0.3) is 11.6 Å². The van der Waals surface area contributed by atoms with E-state index < -0.39 is 15.8 Å². The number of sulfonamides is 1. The molecule has 1 aliphatic heterocycles. The summed E-state index contributed by atoms with van der Waals surface area (Å²) in [4.78, 5) is 4.39. The van der Waals surface area contributed by atoms with Crippen molar-refractivity contribution in [1.29, 1.82) is 0 Å². The number of fused-ring (bicyclic) bond motifs is 1. The lowest BCUT2D eigenvalue weighted by molar-refractivity contribution is 0.384. The van der Waals surface area contributed by atoms with E-state index in [4.69, 9.17) is 4.52 Å². The van der Waals surface area contributed by atoms with Crippen LogP contribution < -0.4 is 0 Å². The Morgan fingerprint density at radius 2 is 2.11 bits per heavy atom. The summed E-state index contributed by atoms with van der Waals surface area (Å²) < 4.78 is 48.0. The van der Waals surface area contributed by atoms with E-state index >= 15 is 0 Å². The molecule has 8 nitrogen and oxygen atoms in total. The van der Waals surface area contributed by atoms with Crippen LogP contribution >= 0.6 is 0 Å². The molecule has 0 N–H and O–H groups in total. The Morgan fingerprint density at radius 1 is 1.29 bits per heavy atom. The van der Waals surface area contributed by atoms with Gasteiger partial charge in [-0.05, 0) is 31.0 Å². The number of hydrogen-bond acceptors (Lipinski definition) is 6. The van der Waals surface area contributed by atoms with Gasteiger partial charge in [0.1, 0.15) is 5.82 Å². The van der Waals surface area contributed by atoms with Gasteiger partial charge in [0, 0.05) is 43.7 Å². The first-order chi connectivity index (χ1) is 13.4. The van der Waals surface area contributed by atoms with Crippen LogP contribution in [0.4, 0.5) is 4.39 Å². The highest BCUT2D eigenvalue weighted by Gasteiger charge is 2.35. The van der Waals surface area contributed by atoms with Crippen LogP contribution in [0.5, 0.6) is 0 Å². The molecule has 28 heavy (non-hydrogen) atoms. The summed E-state index contributed by atoms with van der Waals surface area (Å²) >= 11 is 0. The third kappa shape index (κ3) is 2.83. The van der Waals surface area contributed by atoms with Gasteiger partial charge in [-0.1, -0.05) is 11.2 Å². The van der Waals surface area contributed by atoms with Gasteiger partial charge in [-0.25, -0.2) is 12.8 Å². The summed E-state index contributed by atoms with van der Waals surface area (Å²) in [5.41, 5.74) is 2.20. The van der Waals surface area contributed by atoms with E-state index in [-0.39, 0.29) is 11.4 Å². The second kappa shape index (κ2) is 6.21. The molecule has 1 saturated carbocycles. The standard InChI is InChI=1S/C18H18FN5O3S/c1-23-15-7-8-24(28(25,26)13-4-2-3-12(19)9-13)10-14(15)16(21-23)18-20-17(22-27-18)11-5-6-11/h2-4,9,11H,5-8,10H2,1H3. The number of halogens is 1. The summed E-state index contributed by atoms with van der Waals surface area (Å²) in [5.74, 6) is 0.749. The lowest BCUT2D eigenvalue weighted by Gasteiger charge is -2.26. The van der Waals surface area contributed by atoms with Gasteiger partial charge in [-0.3, -0.25) is 4.68 Å². The summed E-state index contributed by atoms with van der Waals surface area (Å²) in [5, 5.41) is 8.53. The fourth-order valence-electron chi connectivity index (χ4n) is 3.56. The van der Waals surface area contributed by atoms with Gasteiger partial charge in [-0.2, -0.15) is 14.4 Å². The number of aromatic nitrogens is 4. The molecule has 146 valence electrons. The van der Waals surface area contributed by atoms with Crippen LogP contribution in [0, 0.1) is 5.82 Å². The molecule has 3 aromatic rings. The second-order valence-corrected chi connectivity index (χ2v) is 9.11. The van der Waals surface area contributed by atoms with Crippen molar-refractivity contribution in [3.8, 4) is 11.6 Å². The minimum Gasteiger partial charge on any atom is -0.332 e. The van der Waals surface area contributed by atoms with Crippen molar-refractivity contribution in [2.45, 2.75) is 36.6 Å². The van der Waals surface area contributed by atoms with E-state index in [1.165, 1.54) is 22.5 Å². The maximum absolute atomic E-state index is 13.5. The Hall–Kier alpha value is -2.59. The van der Waals surface area contributed by atoms with Gasteiger partial charge in [0.15, 0.2) is 11.5 Å². The Kier molecular flexibility index (Phi) is 3.88. The highest BCUT2D eigenvalue weighted by molar-refractivity contribution is 7.89. The van der Waals surface area contributed by atoms with E-state index in [2.05, 4.69) is 15.2 Å². The number of benzene rings is 1. The normalized spacial score (nSPS) is 17.6. The fraction of sp³-hybridized carbons (Fsp3) is 0.389. The van der Waals surface area contributed by atoms with Crippen LogP contribution in [0.15, 0.2) is 33.7 Å². The highest BCUT2D eigenvalue weighted by atomic mass is 32.2. The molecule has 0 saturated heterocycles. The van der Waals surface area contributed by atoms with Crippen LogP contribution in [0.3, 0.4) is 0 Å². The zero-order chi connectivity index (χ0) is 19.5. The maximum atomic E-state index is 13.5. The van der Waals surface area contributed by atoms with E-state index in [1.807, 2.05) is 7.05 Å². The molecule has 0 radical (unpaired) electrons. The van der Waals surface area contributed by atoms with Gasteiger partial charge in [0.2, 0.25) is 10.0 Å². The molecule has 2 aromatic heterocycles. The second-order valence-electron chi connectivity index (χ2n) is 7.18. The Bertz CT molecular complexity index is 1170. The summed E-state index contributed by atoms with van der Waals surface area (Å²) in [6.45, 7) is 0.417. The fourth-order valence-corrected chi connectivity index (χ4v) is 5.00. The molecule has 0 amide bonds. The van der Waals surface area contributed by atoms with Crippen LogP contribution in [0.2, 0.25) is 0 Å². The zero-order valence-corrected chi connectivity index (χ0v) is 16.0. The van der Waals surface area contributed by atoms with Gasteiger partial charge in [0.05, 0.1) is 4.90 Å². The average molecular weight is 403 g/mol. The number of hydrogen-bond donors (Lipinski definition) is 0. The highest BCUT2D eigenvalue weighted by Crippen LogP contribution is 2.39. The molecule has 2 aliphatic rings. The monoisotopic (exact) mass is 403 g/mol. The molecule has 1 fully saturated rings. The smallest absolute Gasteiger partial charge is 0.278 e. The van der Waals surface area contributed by atoms with Gasteiger partial charge < -0.3 is 4.52 Å². The van der Waals surface area contributed by atoms with Crippen LogP contribution in [-0.4, -0.2) is 39.2 Å². The topological polar surface area (TPSA) is 94.1 Å². The lowest BCUT2D eigenvalue weighted by atomic mass is 10.1. The molecule has 0 bridgehead atoms. The lowest BCUT2D eigenvalue weighted by Crippen LogP contribution is -2.36. The predicted octanol–water partition coefficient (Wildman–Crippen LogP) is 2.23. The minimum atomic E-state index is -3.83. The summed E-state index contributed by atoms with van der Waals surface area (Å²) in [6.07, 6.45) is 2.61. The van der Waals surface area contributed by atoms with Crippen molar-refractivity contribution >= 4 is 10.0 Å². The molecule has 1 aliphatic carbocycles. The third-order valence-corrected chi connectivity index (χ3v) is 7.07. The number of aryl methyl sites for hydroxylation is 1. The van der Waals surface area contributed by atoms with Crippen molar-refractivity contribution in [3.63, 3.8) is 0 Å². The number of nitrogens with zero attached hydrogens (tertiary/aromatic N) is 5. The summed E-state index contributed by atoms with van der Waals surface area (Å²) in [6, 6.07) is 5.05. The third-order valence-electron chi connectivity index (χ3n) is 5.23. The Morgan fingerprint density at radius 3 is 2.86 bits per heavy atom. The molecule has 0 spiro atoms. The van der Waals surface area contributed by atoms with Gasteiger partial charge >= 0.3 is 0 Å². The van der Waals surface area contributed by atoms with Crippen molar-refractivity contribution in [1.82, 2.24) is 24.2 Å². The predicted molar refractivity (Wildman–Crippen MR) is 96.2 cm³/mol. The first kappa shape index (κ1) is 17.5. The molecule has 0 atom stereocenters. The SMILES string of the molecule is Cn1nc(-c2nc(C3CC3)no2)c2c1CCN(S(=O)(=O)c1cccc(F)c1)C2. The van der Waals surface area contributed by atoms with E-state index in [1.54, 1.807) is 4.68 Å². The van der Waals surface area contributed by atoms with Crippen LogP contribution in [-0.2, 0) is 30.0 Å². The van der Waals surface area contributed by atoms with Crippen molar-refractivity contribution in [3.05, 3.63) is 47.2 Å². The van der Waals surface area contributed by atoms with E-state index in [0.29, 0.717) is 36.3 Å². The molecular formula is C18H18FN5O3S. The van der Waals surface area contributed by atoms with Crippen molar-refractivity contribution in [2.75, 3.05) is 6.54 Å². The van der Waals surface area contributed by atoms with Gasteiger partial charge in [-0.15, -0.1) is 0 Å². The number of rotatable bonds is 4. The first-order valence-corrected chi connectivity index (χ1v) is 10.5. The van der Waals surface area contributed by atoms with Gasteiger partial charge in [0.25, 0.3) is 5.89 Å². The zero-order valence-electron chi connectivity index (χ0n) is 15.2. The van der Waals surface area contributed by atoms with Crippen molar-refractivity contribution in [2.24, 2.45) is 7.05 Å². The van der Waals surface area contributed by atoms with Crippen LogP contribution in [0.1, 0.15) is 35.8 Å². The van der Waals surface area contributed by atoms with Crippen molar-refractivity contribution < 1.29 is 17.3 Å².